The van der Waals surface area contributed by atoms with Crippen LogP contribution in [0.3, 0.4) is 0 Å². The zero-order chi connectivity index (χ0) is 31.1. The molecule has 6 aromatic carbocycles. The third-order valence-electron chi connectivity index (χ3n) is 10.5. The lowest BCUT2D eigenvalue weighted by atomic mass is 9.59. The monoisotopic (exact) mass is 583 g/mol. The van der Waals surface area contributed by atoms with Crippen molar-refractivity contribution in [1.29, 1.82) is 0 Å². The molecule has 3 nitrogen and oxygen atoms in total. The molecule has 0 saturated carbocycles. The van der Waals surface area contributed by atoms with E-state index in [-0.39, 0.29) is 28.0 Å². The topological polar surface area (TPSA) is 37.4 Å². The summed E-state index contributed by atoms with van der Waals surface area (Å²) in [4.78, 5) is 29.7. The van der Waals surface area contributed by atoms with Crippen LogP contribution in [0.4, 0.5) is 17.1 Å². The maximum Gasteiger partial charge on any atom is 0.197 e. The summed E-state index contributed by atoms with van der Waals surface area (Å²) in [6, 6.07) is 41.6. The van der Waals surface area contributed by atoms with Gasteiger partial charge in [-0.15, -0.1) is 0 Å². The maximum absolute atomic E-state index is 13.7. The molecule has 0 unspecified atom stereocenters. The van der Waals surface area contributed by atoms with E-state index in [1.54, 1.807) is 6.08 Å². The average Bonchev–Trinajstić information content (AvgIpc) is 3.28. The van der Waals surface area contributed by atoms with Crippen molar-refractivity contribution in [3.8, 4) is 0 Å². The van der Waals surface area contributed by atoms with Crippen LogP contribution in [0.2, 0.25) is 0 Å². The summed E-state index contributed by atoms with van der Waals surface area (Å²) in [6.45, 7) is 9.28. The van der Waals surface area contributed by atoms with E-state index in [0.717, 1.165) is 39.0 Å². The third kappa shape index (κ3) is 3.90. The Morgan fingerprint density at radius 2 is 1.11 bits per heavy atom. The second-order valence-electron chi connectivity index (χ2n) is 13.3. The van der Waals surface area contributed by atoms with Gasteiger partial charge in [-0.1, -0.05) is 107 Å². The standard InChI is InChI=1S/C42H33NO2/c1-41(2)34-18-10-14-27-15-11-19-37(38(27)34)43(30-16-6-5-7-17-30)36-21-20-26(23-35(36)42(41,3)4)22-33-39(44)31-24-28-12-8-9-13-29(28)25-32(31)40(33)45/h5-25H,1-4H3. The highest BCUT2D eigenvalue weighted by molar-refractivity contribution is 6.42. The maximum atomic E-state index is 13.7. The van der Waals surface area contributed by atoms with E-state index in [0.29, 0.717) is 11.1 Å². The predicted octanol–water partition coefficient (Wildman–Crippen LogP) is 10.5. The lowest BCUT2D eigenvalue weighted by Gasteiger charge is -2.47. The molecule has 218 valence electrons. The van der Waals surface area contributed by atoms with Gasteiger partial charge in [0.05, 0.1) is 11.3 Å². The molecule has 0 atom stereocenters. The molecule has 8 rings (SSSR count). The van der Waals surface area contributed by atoms with E-state index in [1.165, 1.54) is 16.3 Å². The van der Waals surface area contributed by atoms with Crippen LogP contribution in [-0.2, 0) is 10.8 Å². The Labute approximate surface area is 263 Å². The number of rotatable bonds is 2. The van der Waals surface area contributed by atoms with E-state index in [9.17, 15) is 9.59 Å². The van der Waals surface area contributed by atoms with Crippen LogP contribution in [0.25, 0.3) is 27.6 Å². The molecule has 0 radical (unpaired) electrons. The number of para-hydroxylation sites is 1. The number of hydrogen-bond acceptors (Lipinski definition) is 3. The number of benzene rings is 6. The zero-order valence-electron chi connectivity index (χ0n) is 25.9. The number of ketones is 2. The summed E-state index contributed by atoms with van der Waals surface area (Å²) in [5.41, 5.74) is 7.16. The van der Waals surface area contributed by atoms with Crippen molar-refractivity contribution >= 4 is 56.2 Å². The Kier molecular flexibility index (Phi) is 5.83. The molecule has 1 aliphatic carbocycles. The van der Waals surface area contributed by atoms with E-state index in [2.05, 4.69) is 105 Å². The van der Waals surface area contributed by atoms with Crippen LogP contribution in [0, 0.1) is 0 Å². The quantitative estimate of drug-likeness (QED) is 0.150. The van der Waals surface area contributed by atoms with Gasteiger partial charge in [0.2, 0.25) is 0 Å². The Balaban J connectivity index is 1.36. The average molecular weight is 584 g/mol. The first-order valence-electron chi connectivity index (χ1n) is 15.5. The van der Waals surface area contributed by atoms with Crippen LogP contribution in [0.5, 0.6) is 0 Å². The number of anilines is 3. The highest BCUT2D eigenvalue weighted by Crippen LogP contribution is 2.55. The van der Waals surface area contributed by atoms with Crippen molar-refractivity contribution in [3.63, 3.8) is 0 Å². The molecular weight excluding hydrogens is 550 g/mol. The number of carbonyl (C=O) groups is 2. The van der Waals surface area contributed by atoms with Gasteiger partial charge in [0, 0.05) is 33.3 Å². The van der Waals surface area contributed by atoms with Crippen molar-refractivity contribution in [2.75, 3.05) is 4.90 Å². The number of nitrogens with zero attached hydrogens (tertiary/aromatic N) is 1. The minimum Gasteiger partial charge on any atom is -0.310 e. The summed E-state index contributed by atoms with van der Waals surface area (Å²) in [5, 5.41) is 4.39. The highest BCUT2D eigenvalue weighted by atomic mass is 16.2. The molecule has 1 aliphatic heterocycles. The van der Waals surface area contributed by atoms with Gasteiger partial charge in [0.25, 0.3) is 0 Å². The van der Waals surface area contributed by atoms with Gasteiger partial charge in [-0.2, -0.15) is 0 Å². The predicted molar refractivity (Wildman–Crippen MR) is 185 cm³/mol. The molecule has 2 aliphatic rings. The smallest absolute Gasteiger partial charge is 0.197 e. The fourth-order valence-electron chi connectivity index (χ4n) is 7.33. The van der Waals surface area contributed by atoms with Gasteiger partial charge in [0.15, 0.2) is 11.6 Å². The second kappa shape index (κ2) is 9.61. The molecule has 0 aromatic heterocycles. The number of hydrogen-bond donors (Lipinski definition) is 0. The fraction of sp³-hybridized carbons (Fsp3) is 0.143. The lowest BCUT2D eigenvalue weighted by Crippen LogP contribution is -2.42. The number of fused-ring (bicyclic) bond motifs is 3. The first-order chi connectivity index (χ1) is 21.7. The Hall–Kier alpha value is -5.28. The summed E-state index contributed by atoms with van der Waals surface area (Å²) in [6.07, 6.45) is 1.79. The summed E-state index contributed by atoms with van der Waals surface area (Å²) in [7, 11) is 0. The molecule has 1 heterocycles. The van der Waals surface area contributed by atoms with Crippen molar-refractivity contribution in [2.45, 2.75) is 38.5 Å². The van der Waals surface area contributed by atoms with E-state index >= 15 is 0 Å². The van der Waals surface area contributed by atoms with Crippen molar-refractivity contribution < 1.29 is 9.59 Å². The van der Waals surface area contributed by atoms with Crippen LogP contribution in [0.1, 0.15) is 65.1 Å². The van der Waals surface area contributed by atoms with Gasteiger partial charge in [0.1, 0.15) is 0 Å². The van der Waals surface area contributed by atoms with Gasteiger partial charge < -0.3 is 4.90 Å². The van der Waals surface area contributed by atoms with Crippen LogP contribution in [-0.4, -0.2) is 11.6 Å². The number of allylic oxidation sites excluding steroid dienone is 1. The minimum atomic E-state index is -0.337. The first-order valence-corrected chi connectivity index (χ1v) is 15.5. The number of carbonyl (C=O) groups excluding carboxylic acids is 2. The molecular formula is C42H33NO2. The molecule has 45 heavy (non-hydrogen) atoms. The van der Waals surface area contributed by atoms with Gasteiger partial charge >= 0.3 is 0 Å². The van der Waals surface area contributed by atoms with Crippen molar-refractivity contribution in [3.05, 3.63) is 155 Å². The minimum absolute atomic E-state index is 0.210. The van der Waals surface area contributed by atoms with Crippen LogP contribution in [0.15, 0.2) is 127 Å². The van der Waals surface area contributed by atoms with Crippen LogP contribution >= 0.6 is 0 Å². The Bertz CT molecular complexity index is 2190. The molecule has 0 fully saturated rings. The molecule has 0 bridgehead atoms. The number of Topliss-reactive ketones (excluding diaryl/α,β-unsaturated/α-hetero) is 2. The molecule has 0 saturated heterocycles. The largest absolute Gasteiger partial charge is 0.310 e. The normalized spacial score (nSPS) is 16.4. The summed E-state index contributed by atoms with van der Waals surface area (Å²) >= 11 is 0. The summed E-state index contributed by atoms with van der Waals surface area (Å²) < 4.78 is 0. The van der Waals surface area contributed by atoms with E-state index < -0.39 is 0 Å². The molecule has 0 N–H and O–H groups in total. The van der Waals surface area contributed by atoms with Gasteiger partial charge in [-0.05, 0) is 86.8 Å². The summed E-state index contributed by atoms with van der Waals surface area (Å²) in [5.74, 6) is -0.419. The molecule has 0 amide bonds. The highest BCUT2D eigenvalue weighted by Gasteiger charge is 2.45. The SMILES string of the molecule is CC1(C)c2cc(C=C3C(=O)c4cc5ccccc5cc4C3=O)ccc2N(c2ccccc2)c2cccc3cccc(c23)C1(C)C. The van der Waals surface area contributed by atoms with E-state index in [4.69, 9.17) is 0 Å². The fourth-order valence-corrected chi connectivity index (χ4v) is 7.33. The Morgan fingerprint density at radius 1 is 0.533 bits per heavy atom. The molecule has 3 heteroatoms. The zero-order valence-corrected chi connectivity index (χ0v) is 25.9. The second-order valence-corrected chi connectivity index (χ2v) is 13.3. The molecule has 6 aromatic rings. The van der Waals surface area contributed by atoms with Crippen LogP contribution < -0.4 is 4.90 Å². The Morgan fingerprint density at radius 3 is 1.78 bits per heavy atom. The lowest BCUT2D eigenvalue weighted by molar-refractivity contribution is 0.0990. The van der Waals surface area contributed by atoms with Gasteiger partial charge in [-0.3, -0.25) is 9.59 Å². The molecule has 0 spiro atoms. The van der Waals surface area contributed by atoms with Crippen molar-refractivity contribution in [1.82, 2.24) is 0 Å². The van der Waals surface area contributed by atoms with E-state index in [1.807, 2.05) is 48.5 Å². The van der Waals surface area contributed by atoms with Gasteiger partial charge in [-0.25, -0.2) is 0 Å². The first kappa shape index (κ1) is 27.3. The van der Waals surface area contributed by atoms with Crippen molar-refractivity contribution in [2.24, 2.45) is 0 Å². The third-order valence-corrected chi connectivity index (χ3v) is 10.5.